The molecule has 0 aliphatic carbocycles. The predicted octanol–water partition coefficient (Wildman–Crippen LogP) is 2.56. The summed E-state index contributed by atoms with van der Waals surface area (Å²) in [6, 6.07) is 14.8. The van der Waals surface area contributed by atoms with Gasteiger partial charge in [0, 0.05) is 18.7 Å². The van der Waals surface area contributed by atoms with Gasteiger partial charge in [0.2, 0.25) is 11.8 Å². The molecule has 0 spiro atoms. The molecule has 2 aromatic carbocycles. The molecule has 0 saturated heterocycles. The van der Waals surface area contributed by atoms with E-state index in [-0.39, 0.29) is 23.8 Å². The largest absolute Gasteiger partial charge is 0.496 e. The van der Waals surface area contributed by atoms with E-state index in [2.05, 4.69) is 28.1 Å². The highest BCUT2D eigenvalue weighted by Crippen LogP contribution is 2.18. The summed E-state index contributed by atoms with van der Waals surface area (Å²) in [7, 11) is 1.61. The molecule has 0 bridgehead atoms. The Morgan fingerprint density at radius 3 is 2.57 bits per heavy atom. The molecule has 6 heteroatoms. The average Bonchev–Trinajstić information content (AvgIpc) is 2.80. The quantitative estimate of drug-likeness (QED) is 0.626. The number of carbonyl (C=O) groups is 2. The second kappa shape index (κ2) is 10.3. The van der Waals surface area contributed by atoms with Crippen molar-refractivity contribution in [3.8, 4) is 5.75 Å². The highest BCUT2D eigenvalue weighted by atomic mass is 16.5. The van der Waals surface area contributed by atoms with Crippen molar-refractivity contribution in [1.29, 1.82) is 0 Å². The predicted molar refractivity (Wildman–Crippen MR) is 117 cm³/mol. The van der Waals surface area contributed by atoms with Gasteiger partial charge in [-0.05, 0) is 29.5 Å². The minimum absolute atomic E-state index is 0.0162. The Hall–Kier alpha value is -2.86. The molecule has 0 fully saturated rings. The van der Waals surface area contributed by atoms with Crippen molar-refractivity contribution in [3.05, 3.63) is 65.2 Å². The molecule has 3 N–H and O–H groups in total. The van der Waals surface area contributed by atoms with Gasteiger partial charge in [0.05, 0.1) is 13.2 Å². The second-order valence-electron chi connectivity index (χ2n) is 7.81. The number of nitrogens with one attached hydrogen (secondary N) is 3. The third-order valence-corrected chi connectivity index (χ3v) is 5.84. The van der Waals surface area contributed by atoms with Crippen molar-refractivity contribution >= 4 is 11.8 Å². The van der Waals surface area contributed by atoms with Crippen LogP contribution in [0, 0.1) is 5.92 Å². The minimum Gasteiger partial charge on any atom is -0.496 e. The SMILES string of the molecule is CC[C@H](C)[C@H](NC(=O)[C@@H]1Cc2ccccc2CN1)C(=O)NCc1ccccc1OC. The molecule has 6 nitrogen and oxygen atoms in total. The number of benzene rings is 2. The molecule has 1 aliphatic heterocycles. The van der Waals surface area contributed by atoms with Crippen LogP contribution >= 0.6 is 0 Å². The van der Waals surface area contributed by atoms with Crippen molar-refractivity contribution in [2.45, 2.75) is 51.9 Å². The Bertz CT molecular complexity index is 884. The number of rotatable bonds is 8. The number of methoxy groups -OCH3 is 1. The fourth-order valence-corrected chi connectivity index (χ4v) is 3.74. The number of carbonyl (C=O) groups excluding carboxylic acids is 2. The zero-order chi connectivity index (χ0) is 21.5. The monoisotopic (exact) mass is 409 g/mol. The highest BCUT2D eigenvalue weighted by Gasteiger charge is 2.30. The van der Waals surface area contributed by atoms with E-state index >= 15 is 0 Å². The molecule has 30 heavy (non-hydrogen) atoms. The maximum atomic E-state index is 12.9. The molecule has 2 amide bonds. The van der Waals surface area contributed by atoms with Crippen LogP contribution in [0.1, 0.15) is 37.0 Å². The van der Waals surface area contributed by atoms with Crippen molar-refractivity contribution in [2.24, 2.45) is 5.92 Å². The van der Waals surface area contributed by atoms with Crippen LogP contribution in [-0.4, -0.2) is 31.0 Å². The molecule has 1 aliphatic rings. The number of fused-ring (bicyclic) bond motifs is 1. The van der Waals surface area contributed by atoms with Gasteiger partial charge in [0.15, 0.2) is 0 Å². The molecular formula is C24H31N3O3. The lowest BCUT2D eigenvalue weighted by atomic mass is 9.94. The van der Waals surface area contributed by atoms with Gasteiger partial charge in [-0.2, -0.15) is 0 Å². The summed E-state index contributed by atoms with van der Waals surface area (Å²) in [4.78, 5) is 25.9. The van der Waals surface area contributed by atoms with E-state index in [0.717, 1.165) is 17.7 Å². The molecule has 0 unspecified atom stereocenters. The molecule has 0 aromatic heterocycles. The van der Waals surface area contributed by atoms with Crippen molar-refractivity contribution < 1.29 is 14.3 Å². The van der Waals surface area contributed by atoms with Crippen molar-refractivity contribution in [1.82, 2.24) is 16.0 Å². The Morgan fingerprint density at radius 1 is 1.13 bits per heavy atom. The van der Waals surface area contributed by atoms with Gasteiger partial charge in [0.1, 0.15) is 11.8 Å². The molecule has 2 aromatic rings. The lowest BCUT2D eigenvalue weighted by Crippen LogP contribution is -2.56. The van der Waals surface area contributed by atoms with E-state index in [1.54, 1.807) is 7.11 Å². The highest BCUT2D eigenvalue weighted by molar-refractivity contribution is 5.90. The maximum Gasteiger partial charge on any atom is 0.243 e. The summed E-state index contributed by atoms with van der Waals surface area (Å²) in [5.74, 6) is 0.427. The van der Waals surface area contributed by atoms with Gasteiger partial charge in [-0.25, -0.2) is 0 Å². The zero-order valence-electron chi connectivity index (χ0n) is 17.9. The third kappa shape index (κ3) is 5.19. The third-order valence-electron chi connectivity index (χ3n) is 5.84. The molecule has 0 saturated carbocycles. The minimum atomic E-state index is -0.587. The van der Waals surface area contributed by atoms with Gasteiger partial charge in [-0.15, -0.1) is 0 Å². The summed E-state index contributed by atoms with van der Waals surface area (Å²) in [5, 5.41) is 9.24. The Morgan fingerprint density at radius 2 is 1.83 bits per heavy atom. The first-order valence-corrected chi connectivity index (χ1v) is 10.5. The normalized spacial score (nSPS) is 17.4. The molecule has 0 radical (unpaired) electrons. The van der Waals surface area contributed by atoms with Gasteiger partial charge >= 0.3 is 0 Å². The molecule has 3 rings (SSSR count). The second-order valence-corrected chi connectivity index (χ2v) is 7.81. The maximum absolute atomic E-state index is 12.9. The van der Waals surface area contributed by atoms with Gasteiger partial charge < -0.3 is 20.7 Å². The zero-order valence-corrected chi connectivity index (χ0v) is 17.9. The van der Waals surface area contributed by atoms with E-state index in [1.807, 2.05) is 50.2 Å². The first-order chi connectivity index (χ1) is 14.5. The van der Waals surface area contributed by atoms with Crippen molar-refractivity contribution in [2.75, 3.05) is 7.11 Å². The van der Waals surface area contributed by atoms with Crippen LogP contribution in [0.2, 0.25) is 0 Å². The fraction of sp³-hybridized carbons (Fsp3) is 0.417. The number of ether oxygens (including phenoxy) is 1. The summed E-state index contributed by atoms with van der Waals surface area (Å²) < 4.78 is 5.35. The van der Waals surface area contributed by atoms with Gasteiger partial charge in [-0.1, -0.05) is 62.7 Å². The van der Waals surface area contributed by atoms with Crippen LogP contribution in [0.3, 0.4) is 0 Å². The van der Waals surface area contributed by atoms with E-state index < -0.39 is 6.04 Å². The molecule has 160 valence electrons. The summed E-state index contributed by atoms with van der Waals surface area (Å²) in [5.41, 5.74) is 3.29. The number of hydrogen-bond donors (Lipinski definition) is 3. The summed E-state index contributed by atoms with van der Waals surface area (Å²) in [6.45, 7) is 5.01. The van der Waals surface area contributed by atoms with Crippen LogP contribution in [0.5, 0.6) is 5.75 Å². The molecule has 1 heterocycles. The summed E-state index contributed by atoms with van der Waals surface area (Å²) in [6.07, 6.45) is 1.41. The molecule has 3 atom stereocenters. The lowest BCUT2D eigenvalue weighted by Gasteiger charge is -2.29. The molecular weight excluding hydrogens is 378 g/mol. The van der Waals surface area contributed by atoms with Gasteiger partial charge in [-0.3, -0.25) is 9.59 Å². The summed E-state index contributed by atoms with van der Waals surface area (Å²) >= 11 is 0. The average molecular weight is 410 g/mol. The number of hydrogen-bond acceptors (Lipinski definition) is 4. The number of amides is 2. The first kappa shape index (κ1) is 21.8. The van der Waals surface area contributed by atoms with E-state index in [4.69, 9.17) is 4.74 Å². The van der Waals surface area contributed by atoms with E-state index in [0.29, 0.717) is 19.5 Å². The Kier molecular flexibility index (Phi) is 7.46. The Balaban J connectivity index is 1.64. The topological polar surface area (TPSA) is 79.5 Å². The lowest BCUT2D eigenvalue weighted by molar-refractivity contribution is -0.131. The van der Waals surface area contributed by atoms with E-state index in [1.165, 1.54) is 11.1 Å². The van der Waals surface area contributed by atoms with Crippen molar-refractivity contribution in [3.63, 3.8) is 0 Å². The van der Waals surface area contributed by atoms with Gasteiger partial charge in [0.25, 0.3) is 0 Å². The fourth-order valence-electron chi connectivity index (χ4n) is 3.74. The Labute approximate surface area is 178 Å². The van der Waals surface area contributed by atoms with Crippen LogP contribution < -0.4 is 20.7 Å². The van der Waals surface area contributed by atoms with E-state index in [9.17, 15) is 9.59 Å². The van der Waals surface area contributed by atoms with Crippen LogP contribution in [0.15, 0.2) is 48.5 Å². The van der Waals surface area contributed by atoms with Crippen LogP contribution in [-0.2, 0) is 29.1 Å². The smallest absolute Gasteiger partial charge is 0.243 e. The standard InChI is InChI=1S/C24H31N3O3/c1-4-16(2)22(24(29)26-15-19-11-7-8-12-21(19)30-3)27-23(28)20-13-17-9-5-6-10-18(17)14-25-20/h5-12,16,20,22,25H,4,13-15H2,1-3H3,(H,26,29)(H,27,28)/t16-,20-,22-/m0/s1. The van der Waals surface area contributed by atoms with Crippen LogP contribution in [0.4, 0.5) is 0 Å². The number of para-hydroxylation sites is 1. The van der Waals surface area contributed by atoms with Crippen LogP contribution in [0.25, 0.3) is 0 Å². The first-order valence-electron chi connectivity index (χ1n) is 10.5.